The van der Waals surface area contributed by atoms with Crippen molar-refractivity contribution in [2.24, 2.45) is 0 Å². The lowest BCUT2D eigenvalue weighted by Crippen LogP contribution is -2.22. The van der Waals surface area contributed by atoms with E-state index in [4.69, 9.17) is 11.6 Å². The molecule has 3 aromatic rings. The van der Waals surface area contributed by atoms with Crippen molar-refractivity contribution in [3.8, 4) is 11.1 Å². The van der Waals surface area contributed by atoms with Gasteiger partial charge in [0.2, 0.25) is 0 Å². The normalized spacial score (nSPS) is 10.8. The summed E-state index contributed by atoms with van der Waals surface area (Å²) >= 11 is 6.01. The number of rotatable bonds is 4. The highest BCUT2D eigenvalue weighted by molar-refractivity contribution is 6.30. The van der Waals surface area contributed by atoms with E-state index in [9.17, 15) is 14.7 Å². The Kier molecular flexibility index (Phi) is 5.15. The third kappa shape index (κ3) is 3.78. The number of hydrogen-bond acceptors (Lipinski definition) is 3. The van der Waals surface area contributed by atoms with Gasteiger partial charge in [-0.3, -0.25) is 9.59 Å². The molecule has 0 atom stereocenters. The monoisotopic (exact) mass is 382 g/mol. The van der Waals surface area contributed by atoms with E-state index in [0.29, 0.717) is 16.2 Å². The fraction of sp³-hybridized carbons (Fsp3) is 0.190. The average Bonchev–Trinajstić information content (AvgIpc) is 2.62. The summed E-state index contributed by atoms with van der Waals surface area (Å²) < 4.78 is 0. The van der Waals surface area contributed by atoms with Gasteiger partial charge in [0.1, 0.15) is 5.69 Å². The lowest BCUT2D eigenvalue weighted by Gasteiger charge is -2.16. The van der Waals surface area contributed by atoms with Gasteiger partial charge in [-0.2, -0.15) is 0 Å². The van der Waals surface area contributed by atoms with Crippen LogP contribution in [0.25, 0.3) is 22.0 Å². The van der Waals surface area contributed by atoms with E-state index in [-0.39, 0.29) is 12.3 Å². The van der Waals surface area contributed by atoms with Gasteiger partial charge >= 0.3 is 5.97 Å². The lowest BCUT2D eigenvalue weighted by molar-refractivity contribution is -0.136. The largest absolute Gasteiger partial charge is 0.481 e. The van der Waals surface area contributed by atoms with Gasteiger partial charge in [-0.05, 0) is 59.5 Å². The molecule has 0 aliphatic carbocycles. The van der Waals surface area contributed by atoms with Gasteiger partial charge < -0.3 is 10.0 Å². The molecule has 1 aromatic heterocycles. The number of nitrogens with zero attached hydrogens (tertiary/aromatic N) is 2. The van der Waals surface area contributed by atoms with Gasteiger partial charge in [-0.15, -0.1) is 0 Å². The fourth-order valence-corrected chi connectivity index (χ4v) is 3.25. The maximum Gasteiger partial charge on any atom is 0.307 e. The molecular weight excluding hydrogens is 364 g/mol. The number of fused-ring (bicyclic) bond motifs is 1. The Hall–Kier alpha value is -2.92. The number of hydrogen-bond donors (Lipinski definition) is 1. The van der Waals surface area contributed by atoms with E-state index in [2.05, 4.69) is 4.98 Å². The molecule has 5 nitrogen and oxygen atoms in total. The van der Waals surface area contributed by atoms with Crippen molar-refractivity contribution in [2.75, 3.05) is 14.1 Å². The summed E-state index contributed by atoms with van der Waals surface area (Å²) in [5.74, 6) is -1.09. The van der Waals surface area contributed by atoms with E-state index < -0.39 is 5.97 Å². The molecule has 3 rings (SSSR count). The Balaban J connectivity index is 2.31. The standard InChI is InChI=1S/C21H19ClN2O3/c1-12-10-18-15(8-9-17(23-18)21(27)24(2)3)20(16(12)11-19(25)26)13-4-6-14(22)7-5-13/h4-10H,11H2,1-3H3,(H,25,26). The molecule has 0 unspecified atom stereocenters. The summed E-state index contributed by atoms with van der Waals surface area (Å²) in [6.07, 6.45) is -0.0991. The molecule has 0 saturated carbocycles. The number of carbonyl (C=O) groups is 2. The maximum absolute atomic E-state index is 12.2. The molecule has 27 heavy (non-hydrogen) atoms. The van der Waals surface area contributed by atoms with Crippen LogP contribution in [-0.4, -0.2) is 41.0 Å². The third-order valence-electron chi connectivity index (χ3n) is 4.41. The number of aliphatic carboxylic acids is 1. The van der Waals surface area contributed by atoms with Crippen LogP contribution in [0.15, 0.2) is 42.5 Å². The quantitative estimate of drug-likeness (QED) is 0.734. The molecular formula is C21H19ClN2O3. The SMILES string of the molecule is Cc1cc2nc(C(=O)N(C)C)ccc2c(-c2ccc(Cl)cc2)c1CC(=O)O. The number of carboxylic acid groups (broad SMARTS) is 1. The average molecular weight is 383 g/mol. The molecule has 6 heteroatoms. The number of halogens is 1. The van der Waals surface area contributed by atoms with Gasteiger partial charge in [0.15, 0.2) is 0 Å². The summed E-state index contributed by atoms with van der Waals surface area (Å²) in [5, 5.41) is 10.8. The first-order valence-corrected chi connectivity index (χ1v) is 8.78. The third-order valence-corrected chi connectivity index (χ3v) is 4.66. The minimum Gasteiger partial charge on any atom is -0.481 e. The molecule has 1 amide bonds. The van der Waals surface area contributed by atoms with Crippen molar-refractivity contribution in [2.45, 2.75) is 13.3 Å². The molecule has 1 N–H and O–H groups in total. The van der Waals surface area contributed by atoms with Crippen LogP contribution in [0.4, 0.5) is 0 Å². The van der Waals surface area contributed by atoms with Crippen LogP contribution in [0.2, 0.25) is 5.02 Å². The minimum absolute atomic E-state index is 0.0991. The summed E-state index contributed by atoms with van der Waals surface area (Å²) in [7, 11) is 3.35. The van der Waals surface area contributed by atoms with Gasteiger partial charge in [0.25, 0.3) is 5.91 Å². The van der Waals surface area contributed by atoms with Crippen LogP contribution in [0.3, 0.4) is 0 Å². The first-order valence-electron chi connectivity index (χ1n) is 8.40. The molecule has 0 spiro atoms. The van der Waals surface area contributed by atoms with E-state index in [1.165, 1.54) is 4.90 Å². The van der Waals surface area contributed by atoms with Crippen LogP contribution in [0.5, 0.6) is 0 Å². The van der Waals surface area contributed by atoms with E-state index in [1.807, 2.05) is 31.2 Å². The van der Waals surface area contributed by atoms with Crippen LogP contribution < -0.4 is 0 Å². The predicted octanol–water partition coefficient (Wildman–Crippen LogP) is 4.19. The highest BCUT2D eigenvalue weighted by Gasteiger charge is 2.18. The highest BCUT2D eigenvalue weighted by atomic mass is 35.5. The summed E-state index contributed by atoms with van der Waals surface area (Å²) in [6.45, 7) is 1.86. The summed E-state index contributed by atoms with van der Waals surface area (Å²) in [6, 6.07) is 12.6. The number of aromatic nitrogens is 1. The van der Waals surface area contributed by atoms with E-state index >= 15 is 0 Å². The zero-order valence-corrected chi connectivity index (χ0v) is 16.0. The number of amides is 1. The van der Waals surface area contributed by atoms with E-state index in [1.54, 1.807) is 32.3 Å². The van der Waals surface area contributed by atoms with Crippen molar-refractivity contribution in [3.63, 3.8) is 0 Å². The number of carbonyl (C=O) groups excluding carboxylic acids is 1. The van der Waals surface area contributed by atoms with Gasteiger partial charge in [-0.1, -0.05) is 23.7 Å². The van der Waals surface area contributed by atoms with Gasteiger partial charge in [-0.25, -0.2) is 4.98 Å². The Morgan fingerprint density at radius 2 is 1.78 bits per heavy atom. The Morgan fingerprint density at radius 1 is 1.11 bits per heavy atom. The topological polar surface area (TPSA) is 70.5 Å². The summed E-state index contributed by atoms with van der Waals surface area (Å²) in [5.41, 5.74) is 4.21. The number of pyridine rings is 1. The molecule has 2 aromatic carbocycles. The van der Waals surface area contributed by atoms with Gasteiger partial charge in [0, 0.05) is 24.5 Å². The van der Waals surface area contributed by atoms with Gasteiger partial charge in [0.05, 0.1) is 11.9 Å². The molecule has 0 aliphatic rings. The fourth-order valence-electron chi connectivity index (χ4n) is 3.12. The second-order valence-electron chi connectivity index (χ2n) is 6.59. The number of carboxylic acids is 1. The van der Waals surface area contributed by atoms with Crippen LogP contribution in [0, 0.1) is 6.92 Å². The Morgan fingerprint density at radius 3 is 2.37 bits per heavy atom. The summed E-state index contributed by atoms with van der Waals surface area (Å²) in [4.78, 5) is 29.7. The predicted molar refractivity (Wildman–Crippen MR) is 106 cm³/mol. The Bertz CT molecular complexity index is 1040. The molecule has 138 valence electrons. The molecule has 0 saturated heterocycles. The van der Waals surface area contributed by atoms with Crippen LogP contribution in [-0.2, 0) is 11.2 Å². The Labute approximate surface area is 162 Å². The number of benzene rings is 2. The van der Waals surface area contributed by atoms with Crippen molar-refractivity contribution < 1.29 is 14.7 Å². The van der Waals surface area contributed by atoms with Crippen LogP contribution >= 0.6 is 11.6 Å². The molecule has 1 heterocycles. The molecule has 0 radical (unpaired) electrons. The molecule has 0 bridgehead atoms. The zero-order valence-electron chi connectivity index (χ0n) is 15.3. The minimum atomic E-state index is -0.903. The van der Waals surface area contributed by atoms with Crippen molar-refractivity contribution >= 4 is 34.4 Å². The molecule has 0 fully saturated rings. The van der Waals surface area contributed by atoms with E-state index in [0.717, 1.165) is 27.6 Å². The second kappa shape index (κ2) is 7.37. The maximum atomic E-state index is 12.2. The first-order chi connectivity index (χ1) is 12.8. The van der Waals surface area contributed by atoms with Crippen molar-refractivity contribution in [1.82, 2.24) is 9.88 Å². The van der Waals surface area contributed by atoms with Crippen molar-refractivity contribution in [1.29, 1.82) is 0 Å². The lowest BCUT2D eigenvalue weighted by atomic mass is 9.90. The first kappa shape index (κ1) is 18.9. The second-order valence-corrected chi connectivity index (χ2v) is 7.02. The zero-order chi connectivity index (χ0) is 19.7. The smallest absolute Gasteiger partial charge is 0.307 e. The highest BCUT2D eigenvalue weighted by Crippen LogP contribution is 2.35. The molecule has 0 aliphatic heterocycles. The van der Waals surface area contributed by atoms with Crippen molar-refractivity contribution in [3.05, 3.63) is 64.3 Å². The van der Waals surface area contributed by atoms with Crippen LogP contribution in [0.1, 0.15) is 21.6 Å². The number of aryl methyl sites for hydroxylation is 1.